The number of unbranched alkanes of at least 4 members (excludes halogenated alkanes) is 1. The van der Waals surface area contributed by atoms with Crippen molar-refractivity contribution in [1.29, 1.82) is 0 Å². The minimum Gasteiger partial charge on any atom is -0.508 e. The van der Waals surface area contributed by atoms with Crippen molar-refractivity contribution in [3.05, 3.63) is 182 Å². The van der Waals surface area contributed by atoms with Crippen molar-refractivity contribution in [2.45, 2.75) is 152 Å². The highest BCUT2D eigenvalue weighted by Gasteiger charge is 2.62. The van der Waals surface area contributed by atoms with Gasteiger partial charge in [0.25, 0.3) is 0 Å². The number of benzene rings is 5. The molecular formula is C75H83N3O10. The summed E-state index contributed by atoms with van der Waals surface area (Å²) in [7, 11) is 0. The zero-order valence-electron chi connectivity index (χ0n) is 50.3. The Morgan fingerprint density at radius 2 is 1.73 bits per heavy atom. The molecule has 1 saturated carbocycles. The number of hydrogen-bond acceptors (Lipinski definition) is 12. The van der Waals surface area contributed by atoms with Crippen molar-refractivity contribution in [1.82, 2.24) is 15.2 Å². The minimum absolute atomic E-state index is 0.00267. The summed E-state index contributed by atoms with van der Waals surface area (Å²) >= 11 is 0. The summed E-state index contributed by atoms with van der Waals surface area (Å²) in [4.78, 5) is 0. The van der Waals surface area contributed by atoms with Crippen LogP contribution in [0.25, 0.3) is 28.7 Å². The molecule has 458 valence electrons. The zero-order valence-corrected chi connectivity index (χ0v) is 50.3. The number of nitrogens with zero attached hydrogens (tertiary/aromatic N) is 1. The molecule has 8 bridgehead atoms. The number of aliphatic hydroxyl groups excluding tert-OH is 3. The van der Waals surface area contributed by atoms with Crippen molar-refractivity contribution in [2.24, 2.45) is 23.7 Å². The molecule has 1 unspecified atom stereocenters. The molecule has 8 N–H and O–H groups in total. The lowest BCUT2D eigenvalue weighted by Crippen LogP contribution is -2.63. The van der Waals surface area contributed by atoms with E-state index in [0.29, 0.717) is 56.6 Å². The first kappa shape index (κ1) is 58.6. The lowest BCUT2D eigenvalue weighted by atomic mass is 9.46. The second-order valence-electron chi connectivity index (χ2n) is 26.2. The summed E-state index contributed by atoms with van der Waals surface area (Å²) in [6.45, 7) is 1.62. The van der Waals surface area contributed by atoms with Crippen molar-refractivity contribution < 1.29 is 49.6 Å². The maximum absolute atomic E-state index is 12.4. The molecule has 1 saturated heterocycles. The van der Waals surface area contributed by atoms with E-state index in [1.165, 1.54) is 28.7 Å². The number of fused-ring (bicyclic) bond motifs is 3. The van der Waals surface area contributed by atoms with Gasteiger partial charge in [0.05, 0.1) is 44.4 Å². The van der Waals surface area contributed by atoms with E-state index in [4.69, 9.17) is 18.9 Å². The first-order valence-electron chi connectivity index (χ1n) is 32.5. The summed E-state index contributed by atoms with van der Waals surface area (Å²) in [5, 5.41) is 75.5. The molecule has 88 heavy (non-hydrogen) atoms. The van der Waals surface area contributed by atoms with Gasteiger partial charge in [0.2, 0.25) is 0 Å². The van der Waals surface area contributed by atoms with E-state index < -0.39 is 12.3 Å². The molecule has 0 radical (unpaired) electrons. The van der Waals surface area contributed by atoms with Gasteiger partial charge in [-0.2, -0.15) is 0 Å². The molecule has 0 amide bonds. The number of aryl methyl sites for hydroxylation is 2. The maximum Gasteiger partial charge on any atom is 0.168 e. The molecule has 8 atom stereocenters. The van der Waals surface area contributed by atoms with E-state index in [1.807, 2.05) is 30.4 Å². The highest BCUT2D eigenvalue weighted by molar-refractivity contribution is 5.89. The largest absolute Gasteiger partial charge is 0.508 e. The number of nitrogens with one attached hydrogen (secondary N) is 2. The van der Waals surface area contributed by atoms with Crippen LogP contribution in [-0.2, 0) is 58.5 Å². The average Bonchev–Trinajstić information content (AvgIpc) is 1.29. The topological polar surface area (TPSA) is 187 Å². The third-order valence-electron chi connectivity index (χ3n) is 20.9. The highest BCUT2D eigenvalue weighted by atomic mass is 16.5. The standard InChI is InChI=1S/C75H83N3O10/c79-29-4-5-30-85-46-76-70-38-52-19-17-47(15-16-48-18-25-66(82)54(31-48)32-49-10-6-13-60(81)33-49)9-7-14-61-39-67(83)53-21-24-62-63(36-53)56(42-80)37-68(84)72(62)87-43-57-35-59(34-55-40-78(41-64(55)57)73(77-70)65(52)45-86-61)75-58-23-20-50-11-8-12-51(71(50)75)22-26-69(75)74(88-44-58)27-2-1-3-28-74/h6,8,10-13,18,20-21,23-25,31,33-35,37-38,40-41,47,53,58,61,67,69-70,76-77,79-84H,1-5,7,9,14-16,22,26-30,32,36,39,42-46H2/t47-,53-,58-,61+,67+,69+,70?,75-/m1/s1. The van der Waals surface area contributed by atoms with E-state index >= 15 is 0 Å². The van der Waals surface area contributed by atoms with Crippen molar-refractivity contribution in [2.75, 3.05) is 33.2 Å². The number of hydrogen-bond donors (Lipinski definition) is 8. The van der Waals surface area contributed by atoms with Gasteiger partial charge in [-0.1, -0.05) is 104 Å². The van der Waals surface area contributed by atoms with Gasteiger partial charge in [-0.15, -0.1) is 0 Å². The average molecular weight is 1190 g/mol. The molecule has 6 aromatic rings. The van der Waals surface area contributed by atoms with Crippen LogP contribution in [0, 0.1) is 35.5 Å². The molecule has 13 nitrogen and oxygen atoms in total. The summed E-state index contributed by atoms with van der Waals surface area (Å²) < 4.78 is 29.8. The van der Waals surface area contributed by atoms with Crippen LogP contribution in [0.15, 0.2) is 121 Å². The number of aliphatic hydroxyl groups is 3. The molecule has 5 aromatic carbocycles. The molecule has 6 heterocycles. The Morgan fingerprint density at radius 3 is 2.60 bits per heavy atom. The van der Waals surface area contributed by atoms with Gasteiger partial charge in [0, 0.05) is 95.0 Å². The van der Waals surface area contributed by atoms with E-state index in [1.54, 1.807) is 24.3 Å². The van der Waals surface area contributed by atoms with E-state index in [0.717, 1.165) is 132 Å². The lowest BCUT2D eigenvalue weighted by Gasteiger charge is -2.62. The molecule has 13 heteroatoms. The fraction of sp³-hybridized carbons (Fsp3) is 0.440. The van der Waals surface area contributed by atoms with Crippen LogP contribution in [-0.4, -0.2) is 92.3 Å². The first-order chi connectivity index (χ1) is 43.1. The zero-order chi connectivity index (χ0) is 59.9. The van der Waals surface area contributed by atoms with Crippen LogP contribution in [0.5, 0.6) is 23.0 Å². The van der Waals surface area contributed by atoms with Gasteiger partial charge >= 0.3 is 0 Å². The van der Waals surface area contributed by atoms with Gasteiger partial charge < -0.3 is 59.5 Å². The number of phenols is 3. The van der Waals surface area contributed by atoms with Crippen LogP contribution in [0.1, 0.15) is 145 Å². The SMILES string of the molecule is OCCCCOCNC1C=C2C#C[C@@H](CCc3ccc(O)c(Cc4cccc(O)c4)c3)CCC[C@H]3C[C@H](O)[C@@H]4C=Cc5c(c(CO)cc(O)c5OCc5cc([C@@]67c8c9cccc8CC[C@H]6C6(CCCCC6)OC[C@H]7C=C9)cc6cn(cc56)C(=C2CO3)N1)C4. The fourth-order valence-electron chi connectivity index (χ4n) is 16.6. The number of ether oxygens (including phenoxy) is 4. The molecule has 9 aliphatic rings. The van der Waals surface area contributed by atoms with Gasteiger partial charge in [0.1, 0.15) is 30.1 Å². The second-order valence-corrected chi connectivity index (χ2v) is 26.2. The molecule has 15 rings (SSSR count). The smallest absolute Gasteiger partial charge is 0.168 e. The third kappa shape index (κ3) is 11.2. The lowest BCUT2D eigenvalue weighted by molar-refractivity contribution is -0.182. The van der Waals surface area contributed by atoms with Crippen LogP contribution in [0.2, 0.25) is 0 Å². The third-order valence-corrected chi connectivity index (χ3v) is 20.9. The van der Waals surface area contributed by atoms with E-state index in [-0.39, 0.29) is 91.2 Å². The Bertz CT molecular complexity index is 3800. The van der Waals surface area contributed by atoms with Crippen LogP contribution in [0.4, 0.5) is 0 Å². The molecule has 1 spiro atoms. The van der Waals surface area contributed by atoms with Gasteiger partial charge in [-0.3, -0.25) is 5.32 Å². The molecule has 5 aliphatic heterocycles. The molecule has 4 aliphatic carbocycles. The highest BCUT2D eigenvalue weighted by Crippen LogP contribution is 2.64. The molecule has 2 fully saturated rings. The predicted octanol–water partition coefficient (Wildman–Crippen LogP) is 11.8. The Balaban J connectivity index is 0.917. The number of dihydropyridines is 1. The maximum atomic E-state index is 12.4. The summed E-state index contributed by atoms with van der Waals surface area (Å²) in [6, 6.07) is 26.4. The Morgan fingerprint density at radius 1 is 0.830 bits per heavy atom. The van der Waals surface area contributed by atoms with Crippen LogP contribution < -0.4 is 15.4 Å². The van der Waals surface area contributed by atoms with Gasteiger partial charge in [-0.25, -0.2) is 0 Å². The summed E-state index contributed by atoms with van der Waals surface area (Å²) in [6.07, 6.45) is 28.1. The van der Waals surface area contributed by atoms with E-state index in [2.05, 4.69) is 94.1 Å². The number of phenolic OH excluding ortho intramolecular Hbond substituents is 3. The Hall–Kier alpha value is -7.12. The van der Waals surface area contributed by atoms with Crippen LogP contribution in [0.3, 0.4) is 0 Å². The van der Waals surface area contributed by atoms with Crippen molar-refractivity contribution >= 4 is 28.7 Å². The Kier molecular flexibility index (Phi) is 16.7. The van der Waals surface area contributed by atoms with Gasteiger partial charge in [0.15, 0.2) is 11.5 Å². The fourth-order valence-corrected chi connectivity index (χ4v) is 16.6. The summed E-state index contributed by atoms with van der Waals surface area (Å²) in [5.41, 5.74) is 12.5. The predicted molar refractivity (Wildman–Crippen MR) is 341 cm³/mol. The van der Waals surface area contributed by atoms with Crippen molar-refractivity contribution in [3.63, 3.8) is 0 Å². The van der Waals surface area contributed by atoms with Crippen LogP contribution >= 0.6 is 0 Å². The molecule has 1 aromatic heterocycles. The number of rotatable bonds is 14. The van der Waals surface area contributed by atoms with Crippen molar-refractivity contribution in [3.8, 4) is 34.8 Å². The number of aromatic hydroxyl groups is 3. The minimum atomic E-state index is -0.780. The van der Waals surface area contributed by atoms with Gasteiger partial charge in [-0.05, 0) is 169 Å². The monoisotopic (exact) mass is 1190 g/mol. The first-order valence-corrected chi connectivity index (χ1v) is 32.5. The molecular weight excluding hydrogens is 1100 g/mol. The Labute approximate surface area is 516 Å². The summed E-state index contributed by atoms with van der Waals surface area (Å²) in [5.74, 6) is 9.17. The van der Waals surface area contributed by atoms with E-state index in [9.17, 15) is 30.6 Å². The quantitative estimate of drug-likeness (QED) is 0.0293. The normalized spacial score (nSPS) is 25.9. The number of aromatic nitrogens is 1. The second kappa shape index (κ2) is 25.0.